The number of hydrogen-bond donors (Lipinski definition) is 2. The largest absolute Gasteiger partial charge is 0.353 e. The Balaban J connectivity index is 2.16. The smallest absolute Gasteiger partial charge is 0.223 e. The van der Waals surface area contributed by atoms with Gasteiger partial charge in [-0.1, -0.05) is 13.8 Å². The highest BCUT2D eigenvalue weighted by Gasteiger charge is 2.28. The Bertz CT molecular complexity index is 266. The van der Waals surface area contributed by atoms with E-state index in [2.05, 4.69) is 31.0 Å². The predicted octanol–water partition coefficient (Wildman–Crippen LogP) is 1.74. The van der Waals surface area contributed by atoms with Crippen LogP contribution in [-0.4, -0.2) is 42.5 Å². The summed E-state index contributed by atoms with van der Waals surface area (Å²) in [7, 11) is 0. The van der Waals surface area contributed by atoms with E-state index in [1.165, 1.54) is 0 Å². The van der Waals surface area contributed by atoms with Gasteiger partial charge in [0.2, 0.25) is 5.91 Å². The van der Waals surface area contributed by atoms with E-state index in [-0.39, 0.29) is 23.9 Å². The van der Waals surface area contributed by atoms with Gasteiger partial charge in [0.05, 0.1) is 0 Å². The normalized spacial score (nSPS) is 24.7. The first-order chi connectivity index (χ1) is 9.06. The first-order valence-corrected chi connectivity index (χ1v) is 7.85. The molecule has 0 saturated heterocycles. The Morgan fingerprint density at radius 1 is 1.37 bits per heavy atom. The van der Waals surface area contributed by atoms with E-state index in [9.17, 15) is 4.79 Å². The summed E-state index contributed by atoms with van der Waals surface area (Å²) >= 11 is 0. The second-order valence-corrected chi connectivity index (χ2v) is 5.85. The number of nitrogens with zero attached hydrogens (tertiary/aromatic N) is 1. The third-order valence-electron chi connectivity index (χ3n) is 4.24. The van der Waals surface area contributed by atoms with Gasteiger partial charge in [-0.25, -0.2) is 0 Å². The van der Waals surface area contributed by atoms with E-state index < -0.39 is 0 Å². The zero-order chi connectivity index (χ0) is 14.3. The highest BCUT2D eigenvalue weighted by atomic mass is 16.1. The van der Waals surface area contributed by atoms with Gasteiger partial charge in [0.25, 0.3) is 0 Å². The Hall–Kier alpha value is -0.610. The number of carbonyl (C=O) groups is 1. The molecule has 1 saturated carbocycles. The van der Waals surface area contributed by atoms with Crippen LogP contribution in [0, 0.1) is 5.92 Å². The van der Waals surface area contributed by atoms with Crippen molar-refractivity contribution in [2.45, 2.75) is 65.0 Å². The second-order valence-electron chi connectivity index (χ2n) is 5.85. The van der Waals surface area contributed by atoms with Crippen molar-refractivity contribution in [1.29, 1.82) is 0 Å². The average molecular weight is 269 g/mol. The molecule has 0 aromatic heterocycles. The fourth-order valence-corrected chi connectivity index (χ4v) is 2.85. The summed E-state index contributed by atoms with van der Waals surface area (Å²) in [6.45, 7) is 9.83. The maximum atomic E-state index is 12.0. The zero-order valence-electron chi connectivity index (χ0n) is 12.8. The third kappa shape index (κ3) is 5.91. The monoisotopic (exact) mass is 269 g/mol. The fourth-order valence-electron chi connectivity index (χ4n) is 2.85. The Morgan fingerprint density at radius 3 is 2.58 bits per heavy atom. The molecule has 3 N–H and O–H groups in total. The molecule has 3 atom stereocenters. The minimum atomic E-state index is 0.153. The third-order valence-corrected chi connectivity index (χ3v) is 4.24. The minimum Gasteiger partial charge on any atom is -0.353 e. The summed E-state index contributed by atoms with van der Waals surface area (Å²) in [5.74, 6) is 0.364. The lowest BCUT2D eigenvalue weighted by Crippen LogP contribution is -2.37. The van der Waals surface area contributed by atoms with Gasteiger partial charge in [-0.05, 0) is 58.7 Å². The molecule has 0 spiro atoms. The molecule has 1 fully saturated rings. The van der Waals surface area contributed by atoms with Crippen LogP contribution in [0.5, 0.6) is 0 Å². The van der Waals surface area contributed by atoms with Crippen LogP contribution in [0.15, 0.2) is 0 Å². The number of nitrogens with one attached hydrogen (secondary N) is 1. The molecule has 112 valence electrons. The number of amides is 1. The maximum Gasteiger partial charge on any atom is 0.223 e. The van der Waals surface area contributed by atoms with Crippen LogP contribution >= 0.6 is 0 Å². The molecule has 0 aromatic carbocycles. The van der Waals surface area contributed by atoms with Gasteiger partial charge in [-0.3, -0.25) is 4.79 Å². The van der Waals surface area contributed by atoms with Crippen LogP contribution in [0.2, 0.25) is 0 Å². The van der Waals surface area contributed by atoms with Gasteiger partial charge in [-0.15, -0.1) is 0 Å². The van der Waals surface area contributed by atoms with Gasteiger partial charge < -0.3 is 16.0 Å². The first kappa shape index (κ1) is 16.4. The first-order valence-electron chi connectivity index (χ1n) is 7.85. The van der Waals surface area contributed by atoms with Crippen molar-refractivity contribution in [3.63, 3.8) is 0 Å². The summed E-state index contributed by atoms with van der Waals surface area (Å²) in [4.78, 5) is 14.5. The lowest BCUT2D eigenvalue weighted by atomic mass is 10.1. The van der Waals surface area contributed by atoms with Gasteiger partial charge in [0.1, 0.15) is 0 Å². The summed E-state index contributed by atoms with van der Waals surface area (Å²) in [5, 5.41) is 3.14. The molecule has 0 radical (unpaired) electrons. The fraction of sp³-hybridized carbons (Fsp3) is 0.933. The van der Waals surface area contributed by atoms with Crippen LogP contribution in [-0.2, 0) is 4.79 Å². The summed E-state index contributed by atoms with van der Waals surface area (Å²) in [5.41, 5.74) is 5.85. The SMILES string of the molecule is CCN(CC)CCCC(C)NC(=O)C1CCC(N)C1. The number of nitrogens with two attached hydrogens (primary N) is 1. The zero-order valence-corrected chi connectivity index (χ0v) is 12.8. The van der Waals surface area contributed by atoms with Crippen molar-refractivity contribution in [2.24, 2.45) is 11.7 Å². The van der Waals surface area contributed by atoms with Crippen molar-refractivity contribution in [3.05, 3.63) is 0 Å². The van der Waals surface area contributed by atoms with E-state index in [0.717, 1.165) is 51.7 Å². The molecular weight excluding hydrogens is 238 g/mol. The van der Waals surface area contributed by atoms with Gasteiger partial charge in [0.15, 0.2) is 0 Å². The molecule has 4 nitrogen and oxygen atoms in total. The molecular formula is C15H31N3O. The minimum absolute atomic E-state index is 0.153. The highest BCUT2D eigenvalue weighted by molar-refractivity contribution is 5.79. The number of rotatable bonds is 8. The van der Waals surface area contributed by atoms with E-state index in [1.807, 2.05) is 0 Å². The summed E-state index contributed by atoms with van der Waals surface area (Å²) in [6, 6.07) is 0.508. The van der Waals surface area contributed by atoms with Gasteiger partial charge >= 0.3 is 0 Å². The van der Waals surface area contributed by atoms with Crippen molar-refractivity contribution >= 4 is 5.91 Å². The van der Waals surface area contributed by atoms with E-state index in [0.29, 0.717) is 0 Å². The van der Waals surface area contributed by atoms with Crippen LogP contribution in [0.1, 0.15) is 52.9 Å². The molecule has 3 unspecified atom stereocenters. The van der Waals surface area contributed by atoms with Crippen LogP contribution < -0.4 is 11.1 Å². The van der Waals surface area contributed by atoms with Crippen molar-refractivity contribution in [1.82, 2.24) is 10.2 Å². The van der Waals surface area contributed by atoms with Crippen molar-refractivity contribution in [3.8, 4) is 0 Å². The number of hydrogen-bond acceptors (Lipinski definition) is 3. The van der Waals surface area contributed by atoms with Crippen LogP contribution in [0.3, 0.4) is 0 Å². The molecule has 4 heteroatoms. The molecule has 0 bridgehead atoms. The molecule has 19 heavy (non-hydrogen) atoms. The summed E-state index contributed by atoms with van der Waals surface area (Å²) < 4.78 is 0. The van der Waals surface area contributed by atoms with E-state index in [4.69, 9.17) is 5.73 Å². The molecule has 0 aliphatic heterocycles. The Kier molecular flexibility index (Phi) is 7.39. The Labute approximate surface area is 118 Å². The molecule has 1 rings (SSSR count). The quantitative estimate of drug-likeness (QED) is 0.705. The maximum absolute atomic E-state index is 12.0. The molecule has 0 aromatic rings. The highest BCUT2D eigenvalue weighted by Crippen LogP contribution is 2.24. The average Bonchev–Trinajstić information content (AvgIpc) is 2.81. The van der Waals surface area contributed by atoms with Crippen molar-refractivity contribution < 1.29 is 4.79 Å². The standard InChI is InChI=1S/C15H31N3O/c1-4-18(5-2)10-6-7-12(3)17-15(19)13-8-9-14(16)11-13/h12-14H,4-11,16H2,1-3H3,(H,17,19). The summed E-state index contributed by atoms with van der Waals surface area (Å²) in [6.07, 6.45) is 5.01. The molecule has 1 aliphatic rings. The van der Waals surface area contributed by atoms with Crippen molar-refractivity contribution in [2.75, 3.05) is 19.6 Å². The second kappa shape index (κ2) is 8.54. The van der Waals surface area contributed by atoms with Crippen LogP contribution in [0.25, 0.3) is 0 Å². The van der Waals surface area contributed by atoms with Crippen LogP contribution in [0.4, 0.5) is 0 Å². The Morgan fingerprint density at radius 2 is 2.05 bits per heavy atom. The lowest BCUT2D eigenvalue weighted by Gasteiger charge is -2.20. The lowest BCUT2D eigenvalue weighted by molar-refractivity contribution is -0.125. The molecule has 1 aliphatic carbocycles. The van der Waals surface area contributed by atoms with Gasteiger partial charge in [0, 0.05) is 18.0 Å². The molecule has 1 amide bonds. The topological polar surface area (TPSA) is 58.4 Å². The van der Waals surface area contributed by atoms with Gasteiger partial charge in [-0.2, -0.15) is 0 Å². The predicted molar refractivity (Wildman–Crippen MR) is 79.9 cm³/mol. The molecule has 0 heterocycles. The van der Waals surface area contributed by atoms with E-state index in [1.54, 1.807) is 0 Å². The number of carbonyl (C=O) groups excluding carboxylic acids is 1. The van der Waals surface area contributed by atoms with E-state index >= 15 is 0 Å².